The van der Waals surface area contributed by atoms with Crippen molar-refractivity contribution in [2.24, 2.45) is 0 Å². The number of benzene rings is 1. The second-order valence-electron chi connectivity index (χ2n) is 4.80. The maximum atomic E-state index is 11.6. The van der Waals surface area contributed by atoms with Gasteiger partial charge in [0, 0.05) is 12.6 Å². The van der Waals surface area contributed by atoms with Crippen molar-refractivity contribution >= 4 is 47.1 Å². The average Bonchev–Trinajstić information content (AvgIpc) is 2.54. The van der Waals surface area contributed by atoms with Gasteiger partial charge in [0.25, 0.3) is 5.91 Å². The average molecular weight is 373 g/mol. The van der Waals surface area contributed by atoms with E-state index < -0.39 is 24.5 Å². The molecule has 1 rings (SSSR count). The van der Waals surface area contributed by atoms with E-state index in [0.29, 0.717) is 22.2 Å². The number of hydrogen-bond donors (Lipinski definition) is 2. The van der Waals surface area contributed by atoms with Gasteiger partial charge in [-0.05, 0) is 37.6 Å². The molecule has 0 heterocycles. The minimum Gasteiger partial charge on any atom is -0.452 e. The van der Waals surface area contributed by atoms with E-state index in [1.165, 1.54) is 19.1 Å². The minimum atomic E-state index is -0.706. The van der Waals surface area contributed by atoms with Gasteiger partial charge in [-0.2, -0.15) is 0 Å². The third kappa shape index (κ3) is 7.02. The second-order valence-corrected chi connectivity index (χ2v) is 5.61. The molecule has 130 valence electrons. The molecule has 1 atom stereocenters. The Labute approximate surface area is 150 Å². The van der Waals surface area contributed by atoms with E-state index in [1.807, 2.05) is 0 Å². The van der Waals surface area contributed by atoms with Crippen LogP contribution < -0.4 is 10.6 Å². The van der Waals surface area contributed by atoms with Gasteiger partial charge in [-0.15, -0.1) is 0 Å². The number of carbonyl (C=O) groups is 3. The van der Waals surface area contributed by atoms with Crippen molar-refractivity contribution in [2.75, 3.05) is 13.2 Å². The number of carbonyl (C=O) groups excluding carboxylic acids is 3. The SMILES string of the molecule is CCNC(=O)[C@H](C)NC(=O)COC(=O)/C=C/c1ccc(Cl)c(Cl)c1. The van der Waals surface area contributed by atoms with Crippen LogP contribution in [0.15, 0.2) is 24.3 Å². The van der Waals surface area contributed by atoms with Gasteiger partial charge in [0.1, 0.15) is 6.04 Å². The number of hydrogen-bond acceptors (Lipinski definition) is 4. The molecule has 8 heteroatoms. The van der Waals surface area contributed by atoms with E-state index in [4.69, 9.17) is 27.9 Å². The lowest BCUT2D eigenvalue weighted by atomic mass is 10.2. The highest BCUT2D eigenvalue weighted by Gasteiger charge is 2.15. The fourth-order valence-corrected chi connectivity index (χ4v) is 1.95. The van der Waals surface area contributed by atoms with Crippen LogP contribution in [-0.4, -0.2) is 37.0 Å². The first-order valence-corrected chi connectivity index (χ1v) is 7.96. The van der Waals surface area contributed by atoms with Crippen LogP contribution in [-0.2, 0) is 19.1 Å². The zero-order valence-corrected chi connectivity index (χ0v) is 14.8. The van der Waals surface area contributed by atoms with Gasteiger partial charge in [-0.1, -0.05) is 29.3 Å². The smallest absolute Gasteiger partial charge is 0.331 e. The first-order chi connectivity index (χ1) is 11.3. The van der Waals surface area contributed by atoms with Gasteiger partial charge < -0.3 is 15.4 Å². The summed E-state index contributed by atoms with van der Waals surface area (Å²) in [6, 6.07) is 4.17. The van der Waals surface area contributed by atoms with Crippen LogP contribution in [0.1, 0.15) is 19.4 Å². The Morgan fingerprint density at radius 1 is 1.25 bits per heavy atom. The van der Waals surface area contributed by atoms with Crippen LogP contribution in [0.25, 0.3) is 6.08 Å². The minimum absolute atomic E-state index is 0.309. The maximum Gasteiger partial charge on any atom is 0.331 e. The monoisotopic (exact) mass is 372 g/mol. The lowest BCUT2D eigenvalue weighted by molar-refractivity contribution is -0.144. The van der Waals surface area contributed by atoms with Gasteiger partial charge in [0.15, 0.2) is 6.61 Å². The zero-order chi connectivity index (χ0) is 18.1. The molecule has 24 heavy (non-hydrogen) atoms. The fourth-order valence-electron chi connectivity index (χ4n) is 1.64. The number of nitrogens with one attached hydrogen (secondary N) is 2. The van der Waals surface area contributed by atoms with Crippen LogP contribution >= 0.6 is 23.2 Å². The Bertz CT molecular complexity index is 647. The number of ether oxygens (including phenoxy) is 1. The summed E-state index contributed by atoms with van der Waals surface area (Å²) in [5.74, 6) is -1.57. The summed E-state index contributed by atoms with van der Waals surface area (Å²) in [5.41, 5.74) is 0.663. The maximum absolute atomic E-state index is 11.6. The molecule has 6 nitrogen and oxygen atoms in total. The number of esters is 1. The molecule has 1 aromatic rings. The van der Waals surface area contributed by atoms with Crippen molar-refractivity contribution in [3.05, 3.63) is 39.9 Å². The van der Waals surface area contributed by atoms with Crippen LogP contribution in [0.2, 0.25) is 10.0 Å². The predicted molar refractivity (Wildman–Crippen MR) is 92.7 cm³/mol. The van der Waals surface area contributed by atoms with Crippen LogP contribution in [0.5, 0.6) is 0 Å². The molecule has 0 saturated heterocycles. The van der Waals surface area contributed by atoms with E-state index in [0.717, 1.165) is 0 Å². The fraction of sp³-hybridized carbons (Fsp3) is 0.312. The molecule has 0 radical (unpaired) electrons. The van der Waals surface area contributed by atoms with E-state index in [9.17, 15) is 14.4 Å². The van der Waals surface area contributed by atoms with E-state index in [1.54, 1.807) is 25.1 Å². The Morgan fingerprint density at radius 2 is 1.96 bits per heavy atom. The zero-order valence-electron chi connectivity index (χ0n) is 13.3. The Morgan fingerprint density at radius 3 is 2.58 bits per heavy atom. The highest BCUT2D eigenvalue weighted by molar-refractivity contribution is 6.42. The van der Waals surface area contributed by atoms with Gasteiger partial charge in [0.2, 0.25) is 5.91 Å². The molecule has 0 aromatic heterocycles. The van der Waals surface area contributed by atoms with E-state index in [2.05, 4.69) is 10.6 Å². The third-order valence-corrected chi connectivity index (χ3v) is 3.56. The number of amides is 2. The summed E-state index contributed by atoms with van der Waals surface area (Å²) in [6.45, 7) is 3.30. The molecular formula is C16H18Cl2N2O4. The van der Waals surface area contributed by atoms with Crippen LogP contribution in [0.4, 0.5) is 0 Å². The van der Waals surface area contributed by atoms with Crippen LogP contribution in [0.3, 0.4) is 0 Å². The largest absolute Gasteiger partial charge is 0.452 e. The number of halogens is 2. The normalized spacial score (nSPS) is 11.8. The molecule has 0 saturated carbocycles. The van der Waals surface area contributed by atoms with Crippen molar-refractivity contribution in [3.63, 3.8) is 0 Å². The molecular weight excluding hydrogens is 355 g/mol. The van der Waals surface area contributed by atoms with E-state index in [-0.39, 0.29) is 5.91 Å². The van der Waals surface area contributed by atoms with Gasteiger partial charge in [-0.3, -0.25) is 9.59 Å². The van der Waals surface area contributed by atoms with Crippen molar-refractivity contribution in [3.8, 4) is 0 Å². The predicted octanol–water partition coefficient (Wildman–Crippen LogP) is 2.19. The second kappa shape index (κ2) is 9.95. The van der Waals surface area contributed by atoms with Gasteiger partial charge >= 0.3 is 5.97 Å². The molecule has 0 fully saturated rings. The lowest BCUT2D eigenvalue weighted by Gasteiger charge is -2.12. The van der Waals surface area contributed by atoms with Crippen LogP contribution in [0, 0.1) is 0 Å². The highest BCUT2D eigenvalue weighted by Crippen LogP contribution is 2.23. The number of rotatable bonds is 7. The third-order valence-electron chi connectivity index (χ3n) is 2.82. The molecule has 0 spiro atoms. The summed E-state index contributed by atoms with van der Waals surface area (Å²) in [6.07, 6.45) is 2.65. The first kappa shape index (κ1) is 20.0. The van der Waals surface area contributed by atoms with Crippen molar-refractivity contribution in [1.29, 1.82) is 0 Å². The number of likely N-dealkylation sites (N-methyl/N-ethyl adjacent to an activating group) is 1. The van der Waals surface area contributed by atoms with Gasteiger partial charge in [0.05, 0.1) is 10.0 Å². The molecule has 0 aliphatic rings. The molecule has 0 unspecified atom stereocenters. The first-order valence-electron chi connectivity index (χ1n) is 7.20. The standard InChI is InChI=1S/C16H18Cl2N2O4/c1-3-19-16(23)10(2)20-14(21)9-24-15(22)7-5-11-4-6-12(17)13(18)8-11/h4-8,10H,3,9H2,1-2H3,(H,19,23)(H,20,21)/b7-5+/t10-/m0/s1. The molecule has 2 amide bonds. The van der Waals surface area contributed by atoms with Crippen molar-refractivity contribution < 1.29 is 19.1 Å². The van der Waals surface area contributed by atoms with Crippen molar-refractivity contribution in [1.82, 2.24) is 10.6 Å². The molecule has 2 N–H and O–H groups in total. The van der Waals surface area contributed by atoms with E-state index >= 15 is 0 Å². The summed E-state index contributed by atoms with van der Waals surface area (Å²) in [7, 11) is 0. The molecule has 0 aliphatic heterocycles. The van der Waals surface area contributed by atoms with Gasteiger partial charge in [-0.25, -0.2) is 4.79 Å². The Balaban J connectivity index is 2.42. The lowest BCUT2D eigenvalue weighted by Crippen LogP contribution is -2.46. The Kier molecular flexibility index (Phi) is 8.29. The summed E-state index contributed by atoms with van der Waals surface area (Å²) >= 11 is 11.7. The molecule has 0 bridgehead atoms. The summed E-state index contributed by atoms with van der Waals surface area (Å²) in [5, 5.41) is 5.77. The molecule has 1 aromatic carbocycles. The summed E-state index contributed by atoms with van der Waals surface area (Å²) in [4.78, 5) is 34.6. The highest BCUT2D eigenvalue weighted by atomic mass is 35.5. The topological polar surface area (TPSA) is 84.5 Å². The molecule has 0 aliphatic carbocycles. The summed E-state index contributed by atoms with van der Waals surface area (Å²) < 4.78 is 4.79. The van der Waals surface area contributed by atoms with Crippen molar-refractivity contribution in [2.45, 2.75) is 19.9 Å². The Hall–Kier alpha value is -2.05. The quantitative estimate of drug-likeness (QED) is 0.567.